The SMILES string of the molecule is CC(C)CCCOCC(O)CNCC(C)(C)C(N)=O. The molecule has 4 N–H and O–H groups in total. The number of carbonyl (C=O) groups excluding carboxylic acids is 1. The van der Waals surface area contributed by atoms with Gasteiger partial charge in [0.25, 0.3) is 0 Å². The third-order valence-electron chi connectivity index (χ3n) is 2.99. The van der Waals surface area contributed by atoms with Crippen molar-refractivity contribution in [1.82, 2.24) is 5.32 Å². The summed E-state index contributed by atoms with van der Waals surface area (Å²) in [7, 11) is 0. The standard InChI is InChI=1S/C14H30N2O3/c1-11(2)6-5-7-19-9-12(17)8-16-10-14(3,4)13(15)18/h11-12,16-17H,5-10H2,1-4H3,(H2,15,18). The van der Waals surface area contributed by atoms with Gasteiger partial charge < -0.3 is 20.9 Å². The maximum atomic E-state index is 11.1. The fourth-order valence-electron chi connectivity index (χ4n) is 1.51. The van der Waals surface area contributed by atoms with Gasteiger partial charge in [0.1, 0.15) is 0 Å². The Bertz CT molecular complexity index is 255. The molecule has 0 fully saturated rings. The van der Waals surface area contributed by atoms with Gasteiger partial charge in [-0.1, -0.05) is 13.8 Å². The van der Waals surface area contributed by atoms with Crippen LogP contribution >= 0.6 is 0 Å². The van der Waals surface area contributed by atoms with Crippen molar-refractivity contribution >= 4 is 5.91 Å². The Morgan fingerprint density at radius 1 is 1.42 bits per heavy atom. The van der Waals surface area contributed by atoms with Crippen LogP contribution in [0.3, 0.4) is 0 Å². The highest BCUT2D eigenvalue weighted by atomic mass is 16.5. The average Bonchev–Trinajstić information content (AvgIpc) is 2.27. The van der Waals surface area contributed by atoms with E-state index >= 15 is 0 Å². The summed E-state index contributed by atoms with van der Waals surface area (Å²) in [5, 5.41) is 12.7. The number of ether oxygens (including phenoxy) is 1. The molecule has 0 aliphatic rings. The van der Waals surface area contributed by atoms with Crippen molar-refractivity contribution < 1.29 is 14.6 Å². The van der Waals surface area contributed by atoms with Crippen LogP contribution in [-0.4, -0.2) is 43.4 Å². The molecule has 114 valence electrons. The summed E-state index contributed by atoms with van der Waals surface area (Å²) in [6.07, 6.45) is 1.61. The Kier molecular flexibility index (Phi) is 8.97. The van der Waals surface area contributed by atoms with Crippen molar-refractivity contribution in [2.75, 3.05) is 26.3 Å². The van der Waals surface area contributed by atoms with Crippen LogP contribution in [-0.2, 0) is 9.53 Å². The van der Waals surface area contributed by atoms with Crippen LogP contribution < -0.4 is 11.1 Å². The molecule has 0 aliphatic heterocycles. The molecule has 5 nitrogen and oxygen atoms in total. The number of carbonyl (C=O) groups is 1. The first-order valence-corrected chi connectivity index (χ1v) is 7.02. The Morgan fingerprint density at radius 2 is 2.05 bits per heavy atom. The van der Waals surface area contributed by atoms with Gasteiger partial charge >= 0.3 is 0 Å². The first-order valence-electron chi connectivity index (χ1n) is 7.02. The van der Waals surface area contributed by atoms with Gasteiger partial charge in [0.15, 0.2) is 0 Å². The minimum absolute atomic E-state index is 0.322. The Hall–Kier alpha value is -0.650. The number of rotatable bonds is 11. The molecule has 0 saturated heterocycles. The maximum Gasteiger partial charge on any atom is 0.224 e. The molecule has 0 heterocycles. The van der Waals surface area contributed by atoms with Crippen molar-refractivity contribution in [2.45, 2.75) is 46.6 Å². The van der Waals surface area contributed by atoms with E-state index in [1.165, 1.54) is 0 Å². The van der Waals surface area contributed by atoms with Gasteiger partial charge in [-0.05, 0) is 32.6 Å². The van der Waals surface area contributed by atoms with Gasteiger partial charge in [0, 0.05) is 19.7 Å². The van der Waals surface area contributed by atoms with Crippen LogP contribution in [0, 0.1) is 11.3 Å². The molecule has 0 aliphatic carbocycles. The van der Waals surface area contributed by atoms with E-state index < -0.39 is 11.5 Å². The second-order valence-electron chi connectivity index (χ2n) is 6.14. The number of hydrogen-bond donors (Lipinski definition) is 3. The van der Waals surface area contributed by atoms with E-state index in [1.54, 1.807) is 13.8 Å². The van der Waals surface area contributed by atoms with Gasteiger partial charge in [-0.15, -0.1) is 0 Å². The summed E-state index contributed by atoms with van der Waals surface area (Å²) in [4.78, 5) is 11.1. The van der Waals surface area contributed by atoms with E-state index in [9.17, 15) is 9.90 Å². The predicted molar refractivity (Wildman–Crippen MR) is 76.7 cm³/mol. The molecule has 1 amide bonds. The van der Waals surface area contributed by atoms with Crippen LogP contribution in [0.4, 0.5) is 0 Å². The number of amides is 1. The lowest BCUT2D eigenvalue weighted by molar-refractivity contribution is -0.125. The average molecular weight is 274 g/mol. The molecule has 1 atom stereocenters. The van der Waals surface area contributed by atoms with Crippen molar-refractivity contribution in [2.24, 2.45) is 17.1 Å². The molecule has 0 saturated carbocycles. The Morgan fingerprint density at radius 3 is 2.58 bits per heavy atom. The zero-order valence-corrected chi connectivity index (χ0v) is 12.7. The fraction of sp³-hybridized carbons (Fsp3) is 0.929. The molecule has 0 aromatic rings. The van der Waals surface area contributed by atoms with Gasteiger partial charge in [-0.2, -0.15) is 0 Å². The van der Waals surface area contributed by atoms with E-state index in [2.05, 4.69) is 19.2 Å². The first kappa shape index (κ1) is 18.4. The van der Waals surface area contributed by atoms with Crippen LogP contribution in [0.15, 0.2) is 0 Å². The maximum absolute atomic E-state index is 11.1. The largest absolute Gasteiger partial charge is 0.389 e. The molecule has 0 rings (SSSR count). The van der Waals surface area contributed by atoms with Gasteiger partial charge in [-0.3, -0.25) is 4.79 Å². The molecule has 0 spiro atoms. The van der Waals surface area contributed by atoms with Crippen LogP contribution in [0.2, 0.25) is 0 Å². The molecule has 19 heavy (non-hydrogen) atoms. The van der Waals surface area contributed by atoms with E-state index in [-0.39, 0.29) is 5.91 Å². The lowest BCUT2D eigenvalue weighted by atomic mass is 9.93. The summed E-state index contributed by atoms with van der Waals surface area (Å²) in [5.41, 5.74) is 4.66. The normalized spacial score (nSPS) is 13.8. The third-order valence-corrected chi connectivity index (χ3v) is 2.99. The molecular weight excluding hydrogens is 244 g/mol. The third kappa shape index (κ3) is 9.87. The zero-order chi connectivity index (χ0) is 14.9. The summed E-state index contributed by atoms with van der Waals surface area (Å²) in [5.74, 6) is 0.339. The smallest absolute Gasteiger partial charge is 0.224 e. The highest BCUT2D eigenvalue weighted by molar-refractivity contribution is 5.80. The van der Waals surface area contributed by atoms with E-state index in [0.29, 0.717) is 32.2 Å². The fourth-order valence-corrected chi connectivity index (χ4v) is 1.51. The second-order valence-corrected chi connectivity index (χ2v) is 6.14. The highest BCUT2D eigenvalue weighted by Gasteiger charge is 2.24. The number of aliphatic hydroxyl groups excluding tert-OH is 1. The summed E-state index contributed by atoms with van der Waals surface area (Å²) < 4.78 is 5.39. The summed E-state index contributed by atoms with van der Waals surface area (Å²) in [6, 6.07) is 0. The van der Waals surface area contributed by atoms with Crippen molar-refractivity contribution in [3.05, 3.63) is 0 Å². The molecule has 5 heteroatoms. The first-order chi connectivity index (χ1) is 8.75. The zero-order valence-electron chi connectivity index (χ0n) is 12.7. The number of nitrogens with two attached hydrogens (primary N) is 1. The molecule has 0 aromatic heterocycles. The van der Waals surface area contributed by atoms with Crippen LogP contribution in [0.1, 0.15) is 40.5 Å². The minimum Gasteiger partial charge on any atom is -0.389 e. The van der Waals surface area contributed by atoms with Gasteiger partial charge in [0.2, 0.25) is 5.91 Å². The van der Waals surface area contributed by atoms with Crippen LogP contribution in [0.25, 0.3) is 0 Å². The topological polar surface area (TPSA) is 84.6 Å². The summed E-state index contributed by atoms with van der Waals surface area (Å²) >= 11 is 0. The van der Waals surface area contributed by atoms with E-state index in [1.807, 2.05) is 0 Å². The number of primary amides is 1. The molecule has 0 bridgehead atoms. The molecule has 0 aromatic carbocycles. The van der Waals surface area contributed by atoms with Crippen LogP contribution in [0.5, 0.6) is 0 Å². The van der Waals surface area contributed by atoms with Gasteiger partial charge in [0.05, 0.1) is 18.1 Å². The second kappa shape index (κ2) is 9.28. The summed E-state index contributed by atoms with van der Waals surface area (Å²) in [6.45, 7) is 9.77. The van der Waals surface area contributed by atoms with Crippen molar-refractivity contribution in [3.8, 4) is 0 Å². The lowest BCUT2D eigenvalue weighted by Gasteiger charge is -2.22. The monoisotopic (exact) mass is 274 g/mol. The quantitative estimate of drug-likeness (QED) is 0.489. The Balaban J connectivity index is 3.55. The van der Waals surface area contributed by atoms with E-state index in [4.69, 9.17) is 10.5 Å². The molecule has 1 unspecified atom stereocenters. The number of aliphatic hydroxyl groups is 1. The highest BCUT2D eigenvalue weighted by Crippen LogP contribution is 2.11. The number of nitrogens with one attached hydrogen (secondary N) is 1. The lowest BCUT2D eigenvalue weighted by Crippen LogP contribution is -2.43. The van der Waals surface area contributed by atoms with E-state index in [0.717, 1.165) is 12.8 Å². The van der Waals surface area contributed by atoms with Crippen molar-refractivity contribution in [1.29, 1.82) is 0 Å². The van der Waals surface area contributed by atoms with Crippen molar-refractivity contribution in [3.63, 3.8) is 0 Å². The predicted octanol–water partition coefficient (Wildman–Crippen LogP) is 0.901. The molecular formula is C14H30N2O3. The van der Waals surface area contributed by atoms with Gasteiger partial charge in [-0.25, -0.2) is 0 Å². The molecule has 0 radical (unpaired) electrons. The Labute approximate surface area is 116 Å². The minimum atomic E-state index is -0.599. The number of hydrogen-bond acceptors (Lipinski definition) is 4.